The maximum Gasteiger partial charge on any atom is 0.343 e. The van der Waals surface area contributed by atoms with Crippen molar-refractivity contribution in [1.29, 1.82) is 0 Å². The highest BCUT2D eigenvalue weighted by Gasteiger charge is 2.56. The molecule has 0 radical (unpaired) electrons. The molecule has 116 valence electrons. The van der Waals surface area contributed by atoms with E-state index in [1.165, 1.54) is 0 Å². The molecule has 1 N–H and O–H groups in total. The number of carbonyl (C=O) groups is 1. The van der Waals surface area contributed by atoms with E-state index in [0.717, 1.165) is 18.4 Å². The summed E-state index contributed by atoms with van der Waals surface area (Å²) in [5.74, 6) is -2.20. The molecule has 23 heavy (non-hydrogen) atoms. The topological polar surface area (TPSA) is 59.4 Å². The number of aliphatic hydroxyl groups is 1. The summed E-state index contributed by atoms with van der Waals surface area (Å²) in [6.45, 7) is 0. The summed E-state index contributed by atoms with van der Waals surface area (Å²) < 4.78 is 5.41. The molecular formula is C18H14ClNO3. The first kappa shape index (κ1) is 14.4. The number of hydrogen-bond acceptors (Lipinski definition) is 4. The minimum Gasteiger partial charge on any atom is -0.425 e. The van der Waals surface area contributed by atoms with E-state index in [-0.39, 0.29) is 5.92 Å². The number of ether oxygens (including phenoxy) is 1. The number of nitrogens with zero attached hydrogens (tertiary/aromatic N) is 1. The van der Waals surface area contributed by atoms with Crippen LogP contribution in [0.5, 0.6) is 0 Å². The number of cyclic esters (lactones) is 1. The van der Waals surface area contributed by atoms with Crippen LogP contribution in [0.1, 0.15) is 24.1 Å². The van der Waals surface area contributed by atoms with Crippen LogP contribution in [-0.4, -0.2) is 21.8 Å². The first-order chi connectivity index (χ1) is 11.1. The molecule has 5 heteroatoms. The highest BCUT2D eigenvalue weighted by molar-refractivity contribution is 6.31. The molecule has 4 rings (SSSR count). The highest BCUT2D eigenvalue weighted by atomic mass is 35.5. The maximum atomic E-state index is 12.5. The van der Waals surface area contributed by atoms with Gasteiger partial charge in [0.1, 0.15) is 0 Å². The molecule has 1 aromatic carbocycles. The predicted octanol–water partition coefficient (Wildman–Crippen LogP) is 3.30. The average molecular weight is 328 g/mol. The van der Waals surface area contributed by atoms with Crippen LogP contribution in [0.25, 0.3) is 11.1 Å². The van der Waals surface area contributed by atoms with Crippen molar-refractivity contribution < 1.29 is 14.6 Å². The number of pyridine rings is 1. The zero-order chi connectivity index (χ0) is 16.0. The Bertz CT molecular complexity index is 797. The fraction of sp³-hybridized carbons (Fsp3) is 0.222. The van der Waals surface area contributed by atoms with Crippen molar-refractivity contribution in [3.8, 4) is 0 Å². The number of carbonyl (C=O) groups excluding carboxylic acids is 1. The van der Waals surface area contributed by atoms with Crippen molar-refractivity contribution in [2.45, 2.75) is 18.6 Å². The van der Waals surface area contributed by atoms with E-state index in [0.29, 0.717) is 21.9 Å². The molecule has 0 bridgehead atoms. The van der Waals surface area contributed by atoms with E-state index in [1.54, 1.807) is 48.7 Å². The monoisotopic (exact) mass is 327 g/mol. The lowest BCUT2D eigenvalue weighted by atomic mass is 9.90. The number of esters is 1. The van der Waals surface area contributed by atoms with Gasteiger partial charge < -0.3 is 9.84 Å². The Morgan fingerprint density at radius 3 is 2.52 bits per heavy atom. The zero-order valence-electron chi connectivity index (χ0n) is 12.2. The highest BCUT2D eigenvalue weighted by Crippen LogP contribution is 2.53. The largest absolute Gasteiger partial charge is 0.425 e. The smallest absolute Gasteiger partial charge is 0.343 e. The Hall–Kier alpha value is -2.17. The Balaban J connectivity index is 1.96. The molecule has 0 saturated heterocycles. The summed E-state index contributed by atoms with van der Waals surface area (Å²) in [5, 5.41) is 11.6. The van der Waals surface area contributed by atoms with Crippen molar-refractivity contribution in [1.82, 2.24) is 4.98 Å². The van der Waals surface area contributed by atoms with Crippen molar-refractivity contribution in [3.05, 3.63) is 64.9 Å². The molecule has 0 spiro atoms. The lowest BCUT2D eigenvalue weighted by molar-refractivity contribution is -0.180. The van der Waals surface area contributed by atoms with Gasteiger partial charge in [0.05, 0.1) is 11.3 Å². The van der Waals surface area contributed by atoms with Crippen LogP contribution in [0.15, 0.2) is 48.7 Å². The molecule has 1 aliphatic heterocycles. The Morgan fingerprint density at radius 2 is 1.91 bits per heavy atom. The standard InChI is InChI=1S/C18H14ClNO3/c19-13-8-4-11(5-9-13)16-15(14-3-1-2-10-20-14)17(21)23-18(16,22)12-6-7-12/h1-5,8-10,12,22H,6-7H2. The van der Waals surface area contributed by atoms with Crippen molar-refractivity contribution >= 4 is 28.7 Å². The Morgan fingerprint density at radius 1 is 1.17 bits per heavy atom. The third-order valence-corrected chi connectivity index (χ3v) is 4.50. The second kappa shape index (κ2) is 5.18. The third kappa shape index (κ3) is 2.35. The maximum absolute atomic E-state index is 12.5. The number of rotatable bonds is 3. The fourth-order valence-corrected chi connectivity index (χ4v) is 3.12. The molecule has 1 atom stereocenters. The minimum atomic E-state index is -1.59. The average Bonchev–Trinajstić information content (AvgIpc) is 3.36. The van der Waals surface area contributed by atoms with Gasteiger partial charge in [0.15, 0.2) is 0 Å². The first-order valence-corrected chi connectivity index (χ1v) is 7.85. The van der Waals surface area contributed by atoms with Gasteiger partial charge in [-0.15, -0.1) is 0 Å². The van der Waals surface area contributed by atoms with Gasteiger partial charge in [-0.05, 0) is 42.7 Å². The van der Waals surface area contributed by atoms with Gasteiger partial charge in [-0.2, -0.15) is 0 Å². The molecule has 1 aliphatic carbocycles. The van der Waals surface area contributed by atoms with Crippen LogP contribution in [-0.2, 0) is 9.53 Å². The van der Waals surface area contributed by atoms with Crippen LogP contribution >= 0.6 is 11.6 Å². The van der Waals surface area contributed by atoms with Crippen molar-refractivity contribution in [3.63, 3.8) is 0 Å². The van der Waals surface area contributed by atoms with Crippen LogP contribution < -0.4 is 0 Å². The van der Waals surface area contributed by atoms with Crippen molar-refractivity contribution in [2.75, 3.05) is 0 Å². The third-order valence-electron chi connectivity index (χ3n) is 4.25. The van der Waals surface area contributed by atoms with E-state index in [2.05, 4.69) is 4.98 Å². The van der Waals surface area contributed by atoms with Crippen LogP contribution in [0.2, 0.25) is 5.02 Å². The number of aromatic nitrogens is 1. The minimum absolute atomic E-state index is 0.0710. The van der Waals surface area contributed by atoms with Crippen LogP contribution in [0.3, 0.4) is 0 Å². The summed E-state index contributed by atoms with van der Waals surface area (Å²) in [6.07, 6.45) is 3.27. The molecule has 1 fully saturated rings. The van der Waals surface area contributed by atoms with Gasteiger partial charge in [-0.1, -0.05) is 29.8 Å². The number of hydrogen-bond donors (Lipinski definition) is 1. The number of benzene rings is 1. The van der Waals surface area contributed by atoms with E-state index in [4.69, 9.17) is 16.3 Å². The summed E-state index contributed by atoms with van der Waals surface area (Å²) in [4.78, 5) is 16.7. The lowest BCUT2D eigenvalue weighted by Crippen LogP contribution is -2.33. The molecule has 4 nitrogen and oxygen atoms in total. The summed E-state index contributed by atoms with van der Waals surface area (Å²) in [7, 11) is 0. The summed E-state index contributed by atoms with van der Waals surface area (Å²) in [6, 6.07) is 12.4. The molecule has 0 amide bonds. The first-order valence-electron chi connectivity index (χ1n) is 7.47. The van der Waals surface area contributed by atoms with E-state index < -0.39 is 11.8 Å². The molecule has 2 aromatic rings. The van der Waals surface area contributed by atoms with Gasteiger partial charge in [0.2, 0.25) is 5.79 Å². The molecule has 1 unspecified atom stereocenters. The summed E-state index contributed by atoms with van der Waals surface area (Å²) in [5.41, 5.74) is 2.03. The molecule has 1 aromatic heterocycles. The second-order valence-electron chi connectivity index (χ2n) is 5.83. The molecule has 2 heterocycles. The van der Waals surface area contributed by atoms with E-state index in [9.17, 15) is 9.90 Å². The van der Waals surface area contributed by atoms with Gasteiger partial charge in [-0.25, -0.2) is 4.79 Å². The van der Waals surface area contributed by atoms with Gasteiger partial charge in [-0.3, -0.25) is 4.98 Å². The molecular weight excluding hydrogens is 314 g/mol. The summed E-state index contributed by atoms with van der Waals surface area (Å²) >= 11 is 5.96. The van der Waals surface area contributed by atoms with Crippen LogP contribution in [0, 0.1) is 5.92 Å². The van der Waals surface area contributed by atoms with E-state index >= 15 is 0 Å². The second-order valence-corrected chi connectivity index (χ2v) is 6.27. The fourth-order valence-electron chi connectivity index (χ4n) is 3.00. The normalized spacial score (nSPS) is 24.0. The zero-order valence-corrected chi connectivity index (χ0v) is 13.0. The predicted molar refractivity (Wildman–Crippen MR) is 86.3 cm³/mol. The molecule has 1 saturated carbocycles. The van der Waals surface area contributed by atoms with Gasteiger partial charge in [0.25, 0.3) is 0 Å². The Labute approximate surface area is 138 Å². The molecule has 2 aliphatic rings. The van der Waals surface area contributed by atoms with Gasteiger partial charge >= 0.3 is 5.97 Å². The van der Waals surface area contributed by atoms with Crippen LogP contribution in [0.4, 0.5) is 0 Å². The van der Waals surface area contributed by atoms with Gasteiger partial charge in [0, 0.05) is 22.7 Å². The number of halogens is 1. The SMILES string of the molecule is O=C1OC(O)(C2CC2)C(c2ccc(Cl)cc2)=C1c1ccccn1. The quantitative estimate of drug-likeness (QED) is 0.879. The van der Waals surface area contributed by atoms with Crippen molar-refractivity contribution in [2.24, 2.45) is 5.92 Å². The Kier molecular flexibility index (Phi) is 3.25. The lowest BCUT2D eigenvalue weighted by Gasteiger charge is -2.25. The van der Waals surface area contributed by atoms with E-state index in [1.807, 2.05) is 0 Å².